The number of thiophene rings is 1. The molecule has 32 heavy (non-hydrogen) atoms. The lowest BCUT2D eigenvalue weighted by molar-refractivity contribution is -0.112. The second-order valence-electron chi connectivity index (χ2n) is 6.75. The summed E-state index contributed by atoms with van der Waals surface area (Å²) in [6.45, 7) is 2.65. The van der Waals surface area contributed by atoms with E-state index in [1.807, 2.05) is 43.3 Å². The number of nitrogens with zero attached hydrogens (tertiary/aromatic N) is 1. The fourth-order valence-corrected chi connectivity index (χ4v) is 3.90. The molecule has 1 aromatic heterocycles. The van der Waals surface area contributed by atoms with Crippen molar-refractivity contribution in [2.45, 2.75) is 13.3 Å². The molecule has 0 aliphatic rings. The lowest BCUT2D eigenvalue weighted by Crippen LogP contribution is -2.15. The molecule has 0 unspecified atom stereocenters. The van der Waals surface area contributed by atoms with Gasteiger partial charge in [-0.3, -0.25) is 4.79 Å². The normalized spacial score (nSPS) is 10.8. The zero-order chi connectivity index (χ0) is 22.9. The lowest BCUT2D eigenvalue weighted by Gasteiger charge is -2.08. The van der Waals surface area contributed by atoms with E-state index >= 15 is 0 Å². The number of methoxy groups -OCH3 is 1. The minimum atomic E-state index is -0.606. The predicted octanol–water partition coefficient (Wildman–Crippen LogP) is 5.54. The molecule has 6 nitrogen and oxygen atoms in total. The molecule has 162 valence electrons. The average Bonchev–Trinajstić information content (AvgIpc) is 3.25. The molecule has 7 heteroatoms. The van der Waals surface area contributed by atoms with E-state index in [-0.39, 0.29) is 11.1 Å². The van der Waals surface area contributed by atoms with Crippen molar-refractivity contribution < 1.29 is 19.1 Å². The first-order chi connectivity index (χ1) is 15.6. The van der Waals surface area contributed by atoms with Crippen LogP contribution < -0.4 is 10.1 Å². The van der Waals surface area contributed by atoms with Gasteiger partial charge in [-0.15, -0.1) is 11.3 Å². The summed E-state index contributed by atoms with van der Waals surface area (Å²) < 4.78 is 10.5. The number of anilines is 1. The van der Waals surface area contributed by atoms with Gasteiger partial charge in [-0.25, -0.2) is 4.79 Å². The molecule has 0 saturated heterocycles. The maximum absolute atomic E-state index is 12.8. The summed E-state index contributed by atoms with van der Waals surface area (Å²) in [4.78, 5) is 25.2. The Hall–Kier alpha value is -3.89. The van der Waals surface area contributed by atoms with Gasteiger partial charge in [0.15, 0.2) is 0 Å². The molecule has 2 aromatic carbocycles. The van der Waals surface area contributed by atoms with Crippen LogP contribution in [-0.2, 0) is 9.53 Å². The molecule has 3 rings (SSSR count). The van der Waals surface area contributed by atoms with Crippen LogP contribution >= 0.6 is 11.3 Å². The van der Waals surface area contributed by atoms with Crippen LogP contribution in [0.15, 0.2) is 65.6 Å². The van der Waals surface area contributed by atoms with Crippen LogP contribution in [0.3, 0.4) is 0 Å². The third kappa shape index (κ3) is 5.42. The van der Waals surface area contributed by atoms with Gasteiger partial charge in [-0.1, -0.05) is 49.4 Å². The Labute approximate surface area is 190 Å². The number of hydrogen-bond donors (Lipinski definition) is 1. The summed E-state index contributed by atoms with van der Waals surface area (Å²) in [5, 5.41) is 14.3. The van der Waals surface area contributed by atoms with Crippen LogP contribution in [0.25, 0.3) is 17.2 Å². The predicted molar refractivity (Wildman–Crippen MR) is 126 cm³/mol. The Morgan fingerprint density at radius 3 is 2.47 bits per heavy atom. The highest BCUT2D eigenvalue weighted by atomic mass is 32.1. The molecule has 1 heterocycles. The summed E-state index contributed by atoms with van der Waals surface area (Å²) in [6, 6.07) is 18.4. The number of ether oxygens (including phenoxy) is 2. The molecule has 0 bridgehead atoms. The van der Waals surface area contributed by atoms with Gasteiger partial charge in [0.25, 0.3) is 5.91 Å². The van der Waals surface area contributed by atoms with Crippen LogP contribution in [-0.4, -0.2) is 25.6 Å². The van der Waals surface area contributed by atoms with E-state index in [2.05, 4.69) is 5.32 Å². The van der Waals surface area contributed by atoms with Crippen LogP contribution in [0.2, 0.25) is 0 Å². The minimum absolute atomic E-state index is 0.0855. The highest BCUT2D eigenvalue weighted by molar-refractivity contribution is 7.15. The second-order valence-corrected chi connectivity index (χ2v) is 7.63. The van der Waals surface area contributed by atoms with E-state index in [1.54, 1.807) is 29.6 Å². The molecule has 0 atom stereocenters. The van der Waals surface area contributed by atoms with Crippen molar-refractivity contribution in [3.63, 3.8) is 0 Å². The van der Waals surface area contributed by atoms with Gasteiger partial charge in [0, 0.05) is 10.9 Å². The monoisotopic (exact) mass is 446 g/mol. The van der Waals surface area contributed by atoms with E-state index in [9.17, 15) is 14.9 Å². The van der Waals surface area contributed by atoms with Crippen LogP contribution in [0, 0.1) is 11.3 Å². The van der Waals surface area contributed by atoms with Gasteiger partial charge < -0.3 is 14.8 Å². The first kappa shape index (κ1) is 22.8. The standard InChI is InChI=1S/C25H22N2O4S/c1-3-13-31-20-11-9-17(10-12-20)14-19(15-26)23(28)27-24-22(25(29)30-2)21(16-32-24)18-7-5-4-6-8-18/h4-12,14,16H,3,13H2,1-2H3,(H,27,28)/b19-14+. The minimum Gasteiger partial charge on any atom is -0.494 e. The highest BCUT2D eigenvalue weighted by Gasteiger charge is 2.23. The molecule has 0 aliphatic carbocycles. The van der Waals surface area contributed by atoms with Crippen molar-refractivity contribution in [1.82, 2.24) is 0 Å². The van der Waals surface area contributed by atoms with Crippen molar-refractivity contribution in [1.29, 1.82) is 5.26 Å². The quantitative estimate of drug-likeness (QED) is 0.279. The molecule has 1 N–H and O–H groups in total. The van der Waals surface area contributed by atoms with E-state index in [0.717, 1.165) is 17.7 Å². The van der Waals surface area contributed by atoms with E-state index in [0.29, 0.717) is 22.7 Å². The number of carbonyl (C=O) groups excluding carboxylic acids is 2. The number of nitrogens with one attached hydrogen (secondary N) is 1. The van der Waals surface area contributed by atoms with Crippen molar-refractivity contribution in [2.24, 2.45) is 0 Å². The smallest absolute Gasteiger partial charge is 0.341 e. The molecular weight excluding hydrogens is 424 g/mol. The highest BCUT2D eigenvalue weighted by Crippen LogP contribution is 2.36. The fraction of sp³-hybridized carbons (Fsp3) is 0.160. The molecular formula is C25H22N2O4S. The Morgan fingerprint density at radius 2 is 1.84 bits per heavy atom. The summed E-state index contributed by atoms with van der Waals surface area (Å²) >= 11 is 1.20. The van der Waals surface area contributed by atoms with Gasteiger partial charge in [0.2, 0.25) is 0 Å². The Morgan fingerprint density at radius 1 is 1.12 bits per heavy atom. The lowest BCUT2D eigenvalue weighted by atomic mass is 10.0. The van der Waals surface area contributed by atoms with Crippen molar-refractivity contribution >= 4 is 34.3 Å². The number of rotatable bonds is 8. The molecule has 3 aromatic rings. The van der Waals surface area contributed by atoms with Crippen molar-refractivity contribution in [3.05, 3.63) is 76.7 Å². The molecule has 0 spiro atoms. The maximum Gasteiger partial charge on any atom is 0.341 e. The second kappa shape index (κ2) is 10.9. The first-order valence-electron chi connectivity index (χ1n) is 9.98. The molecule has 0 radical (unpaired) electrons. The number of esters is 1. The molecule has 0 aliphatic heterocycles. The number of hydrogen-bond acceptors (Lipinski definition) is 6. The number of benzene rings is 2. The average molecular weight is 447 g/mol. The van der Waals surface area contributed by atoms with Gasteiger partial charge in [0.1, 0.15) is 28.0 Å². The third-order valence-corrected chi connectivity index (χ3v) is 5.42. The SMILES string of the molecule is CCCOc1ccc(/C=C(\C#N)C(=O)Nc2scc(-c3ccccc3)c2C(=O)OC)cc1. The third-order valence-electron chi connectivity index (χ3n) is 4.52. The first-order valence-corrected chi connectivity index (χ1v) is 10.9. The van der Waals surface area contributed by atoms with Crippen molar-refractivity contribution in [2.75, 3.05) is 19.0 Å². The Kier molecular flexibility index (Phi) is 7.79. The summed E-state index contributed by atoms with van der Waals surface area (Å²) in [6.07, 6.45) is 2.39. The van der Waals surface area contributed by atoms with Gasteiger partial charge in [0.05, 0.1) is 13.7 Å². The van der Waals surface area contributed by atoms with Crippen LogP contribution in [0.4, 0.5) is 5.00 Å². The fourth-order valence-electron chi connectivity index (χ4n) is 2.95. The zero-order valence-electron chi connectivity index (χ0n) is 17.8. The van der Waals surface area contributed by atoms with E-state index in [4.69, 9.17) is 9.47 Å². The molecule has 0 saturated carbocycles. The summed E-state index contributed by atoms with van der Waals surface area (Å²) in [5.74, 6) is -0.447. The number of nitriles is 1. The van der Waals surface area contributed by atoms with E-state index < -0.39 is 11.9 Å². The number of carbonyl (C=O) groups is 2. The van der Waals surface area contributed by atoms with Crippen LogP contribution in [0.5, 0.6) is 5.75 Å². The topological polar surface area (TPSA) is 88.4 Å². The Bertz CT molecular complexity index is 1160. The van der Waals surface area contributed by atoms with Gasteiger partial charge in [-0.2, -0.15) is 5.26 Å². The van der Waals surface area contributed by atoms with E-state index in [1.165, 1.54) is 24.5 Å². The van der Waals surface area contributed by atoms with Gasteiger partial charge >= 0.3 is 5.97 Å². The zero-order valence-corrected chi connectivity index (χ0v) is 18.6. The Balaban J connectivity index is 1.85. The van der Waals surface area contributed by atoms with Crippen LogP contribution in [0.1, 0.15) is 29.3 Å². The molecule has 1 amide bonds. The van der Waals surface area contributed by atoms with Gasteiger partial charge in [-0.05, 0) is 35.8 Å². The summed E-state index contributed by atoms with van der Waals surface area (Å²) in [7, 11) is 1.29. The van der Waals surface area contributed by atoms with Crippen molar-refractivity contribution in [3.8, 4) is 22.9 Å². The maximum atomic E-state index is 12.8. The number of amides is 1. The largest absolute Gasteiger partial charge is 0.494 e. The molecule has 0 fully saturated rings. The summed E-state index contributed by atoms with van der Waals surface area (Å²) in [5.41, 5.74) is 2.34.